The Labute approximate surface area is 165 Å². The van der Waals surface area contributed by atoms with E-state index >= 15 is 0 Å². The highest BCUT2D eigenvalue weighted by atomic mass is 16.5. The molecule has 1 unspecified atom stereocenters. The molecule has 0 bridgehead atoms. The molecule has 0 aliphatic carbocycles. The standard InChI is InChI=1S/C19H29N7O2/c1-13(2)16-20-15(24-28-16)14-9-8-12-26(14)18-21-17(22-19(23-18)27-3)25-10-6-4-5-7-11-25/h13-14H,4-12H2,1-3H3. The number of anilines is 2. The Bertz CT molecular complexity index is 786. The largest absolute Gasteiger partial charge is 0.467 e. The SMILES string of the molecule is COc1nc(N2CCCCCC2)nc(N2CCCC2c2noc(C(C)C)n2)n1. The smallest absolute Gasteiger partial charge is 0.322 e. The lowest BCUT2D eigenvalue weighted by atomic mass is 10.2. The van der Waals surface area contributed by atoms with Gasteiger partial charge in [0.05, 0.1) is 13.2 Å². The lowest BCUT2D eigenvalue weighted by Crippen LogP contribution is -2.30. The quantitative estimate of drug-likeness (QED) is 0.767. The fourth-order valence-electron chi connectivity index (χ4n) is 3.86. The van der Waals surface area contributed by atoms with Crippen molar-refractivity contribution >= 4 is 11.9 Å². The van der Waals surface area contributed by atoms with Gasteiger partial charge < -0.3 is 19.1 Å². The third kappa shape index (κ3) is 3.88. The second-order valence-corrected chi connectivity index (χ2v) is 7.82. The molecule has 0 aromatic carbocycles. The van der Waals surface area contributed by atoms with Gasteiger partial charge in [0.25, 0.3) is 0 Å². The summed E-state index contributed by atoms with van der Waals surface area (Å²) in [7, 11) is 1.60. The van der Waals surface area contributed by atoms with Gasteiger partial charge in [-0.05, 0) is 25.7 Å². The van der Waals surface area contributed by atoms with Crippen molar-refractivity contribution in [3.8, 4) is 6.01 Å². The van der Waals surface area contributed by atoms with Crippen LogP contribution >= 0.6 is 0 Å². The molecule has 4 rings (SSSR count). The molecule has 152 valence electrons. The zero-order chi connectivity index (χ0) is 19.5. The van der Waals surface area contributed by atoms with Gasteiger partial charge in [0.2, 0.25) is 17.8 Å². The van der Waals surface area contributed by atoms with Gasteiger partial charge in [0.1, 0.15) is 0 Å². The Morgan fingerprint density at radius 3 is 2.36 bits per heavy atom. The summed E-state index contributed by atoms with van der Waals surface area (Å²) in [6, 6.07) is 0.367. The molecule has 1 atom stereocenters. The molecule has 9 nitrogen and oxygen atoms in total. The number of aromatic nitrogens is 5. The van der Waals surface area contributed by atoms with E-state index in [-0.39, 0.29) is 12.0 Å². The van der Waals surface area contributed by atoms with Gasteiger partial charge in [-0.3, -0.25) is 0 Å². The van der Waals surface area contributed by atoms with Crippen LogP contribution in [0.3, 0.4) is 0 Å². The van der Waals surface area contributed by atoms with Crippen LogP contribution in [0.5, 0.6) is 6.01 Å². The average molecular weight is 387 g/mol. The lowest BCUT2D eigenvalue weighted by molar-refractivity contribution is 0.357. The van der Waals surface area contributed by atoms with Crippen molar-refractivity contribution in [3.05, 3.63) is 11.7 Å². The molecule has 0 amide bonds. The summed E-state index contributed by atoms with van der Waals surface area (Å²) in [5, 5.41) is 4.22. The fourth-order valence-corrected chi connectivity index (χ4v) is 3.86. The summed E-state index contributed by atoms with van der Waals surface area (Å²) in [6.45, 7) is 6.89. The van der Waals surface area contributed by atoms with Gasteiger partial charge in [-0.2, -0.15) is 19.9 Å². The predicted molar refractivity (Wildman–Crippen MR) is 105 cm³/mol. The van der Waals surface area contributed by atoms with Gasteiger partial charge in [-0.15, -0.1) is 0 Å². The first kappa shape index (κ1) is 18.9. The van der Waals surface area contributed by atoms with E-state index < -0.39 is 0 Å². The summed E-state index contributed by atoms with van der Waals surface area (Å²) < 4.78 is 10.8. The normalized spacial score (nSPS) is 20.6. The first-order valence-corrected chi connectivity index (χ1v) is 10.3. The van der Waals surface area contributed by atoms with Crippen molar-refractivity contribution in [2.75, 3.05) is 36.5 Å². The van der Waals surface area contributed by atoms with E-state index in [9.17, 15) is 0 Å². The molecule has 0 spiro atoms. The van der Waals surface area contributed by atoms with Crippen LogP contribution in [0.25, 0.3) is 0 Å². The molecule has 2 aliphatic heterocycles. The zero-order valence-corrected chi connectivity index (χ0v) is 17.0. The summed E-state index contributed by atoms with van der Waals surface area (Å²) in [5.74, 6) is 2.91. The highest BCUT2D eigenvalue weighted by Gasteiger charge is 2.33. The lowest BCUT2D eigenvalue weighted by Gasteiger charge is -2.25. The second-order valence-electron chi connectivity index (χ2n) is 7.82. The van der Waals surface area contributed by atoms with E-state index in [1.165, 1.54) is 12.8 Å². The Morgan fingerprint density at radius 1 is 0.929 bits per heavy atom. The van der Waals surface area contributed by atoms with Gasteiger partial charge in [0.15, 0.2) is 5.82 Å². The van der Waals surface area contributed by atoms with E-state index in [0.29, 0.717) is 29.6 Å². The molecule has 0 radical (unpaired) electrons. The van der Waals surface area contributed by atoms with Crippen molar-refractivity contribution in [1.29, 1.82) is 0 Å². The molecule has 9 heteroatoms. The Hall–Kier alpha value is -2.45. The average Bonchev–Trinajstić information content (AvgIpc) is 3.31. The van der Waals surface area contributed by atoms with Gasteiger partial charge in [-0.25, -0.2) is 0 Å². The fraction of sp³-hybridized carbons (Fsp3) is 0.737. The molecule has 4 heterocycles. The maximum Gasteiger partial charge on any atom is 0.322 e. The molecule has 2 saturated heterocycles. The zero-order valence-electron chi connectivity index (χ0n) is 17.0. The van der Waals surface area contributed by atoms with Crippen LogP contribution in [0, 0.1) is 0 Å². The Kier molecular flexibility index (Phi) is 5.59. The second kappa shape index (κ2) is 8.28. The highest BCUT2D eigenvalue weighted by molar-refractivity contribution is 5.43. The van der Waals surface area contributed by atoms with Crippen molar-refractivity contribution in [2.45, 2.75) is 64.3 Å². The maximum atomic E-state index is 5.43. The number of rotatable bonds is 5. The monoisotopic (exact) mass is 387 g/mol. The van der Waals surface area contributed by atoms with Crippen molar-refractivity contribution in [3.63, 3.8) is 0 Å². The Morgan fingerprint density at radius 2 is 1.68 bits per heavy atom. The van der Waals surface area contributed by atoms with Crippen LogP contribution in [0.15, 0.2) is 4.52 Å². The summed E-state index contributed by atoms with van der Waals surface area (Å²) >= 11 is 0. The topological polar surface area (TPSA) is 93.3 Å². The molecule has 2 aliphatic rings. The first-order valence-electron chi connectivity index (χ1n) is 10.3. The highest BCUT2D eigenvalue weighted by Crippen LogP contribution is 2.34. The number of hydrogen-bond donors (Lipinski definition) is 0. The third-order valence-corrected chi connectivity index (χ3v) is 5.42. The molecule has 28 heavy (non-hydrogen) atoms. The van der Waals surface area contributed by atoms with Crippen molar-refractivity contribution < 1.29 is 9.26 Å². The van der Waals surface area contributed by atoms with Gasteiger partial charge in [0, 0.05) is 25.6 Å². The van der Waals surface area contributed by atoms with Crippen LogP contribution in [0.4, 0.5) is 11.9 Å². The van der Waals surface area contributed by atoms with E-state index in [1.807, 2.05) is 13.8 Å². The molecular weight excluding hydrogens is 358 g/mol. The molecule has 2 aromatic heterocycles. The summed E-state index contributed by atoms with van der Waals surface area (Å²) in [6.07, 6.45) is 6.83. The van der Waals surface area contributed by atoms with Crippen LogP contribution in [-0.2, 0) is 0 Å². The molecular formula is C19H29N7O2. The molecule has 0 saturated carbocycles. The number of nitrogens with zero attached hydrogens (tertiary/aromatic N) is 7. The summed E-state index contributed by atoms with van der Waals surface area (Å²) in [5.41, 5.74) is 0. The number of hydrogen-bond acceptors (Lipinski definition) is 9. The van der Waals surface area contributed by atoms with Crippen molar-refractivity contribution in [1.82, 2.24) is 25.1 Å². The van der Waals surface area contributed by atoms with E-state index in [1.54, 1.807) is 7.11 Å². The molecule has 2 fully saturated rings. The molecule has 2 aromatic rings. The van der Waals surface area contributed by atoms with Crippen molar-refractivity contribution in [2.24, 2.45) is 0 Å². The van der Waals surface area contributed by atoms with Gasteiger partial charge in [-0.1, -0.05) is 31.8 Å². The van der Waals surface area contributed by atoms with E-state index in [0.717, 1.165) is 45.3 Å². The third-order valence-electron chi connectivity index (χ3n) is 5.42. The number of methoxy groups -OCH3 is 1. The number of ether oxygens (including phenoxy) is 1. The van der Waals surface area contributed by atoms with E-state index in [2.05, 4.69) is 29.9 Å². The van der Waals surface area contributed by atoms with Crippen LogP contribution in [0.2, 0.25) is 0 Å². The summed E-state index contributed by atoms with van der Waals surface area (Å²) in [4.78, 5) is 22.9. The van der Waals surface area contributed by atoms with Gasteiger partial charge >= 0.3 is 6.01 Å². The minimum absolute atomic E-state index is 0.0142. The minimum atomic E-state index is 0.0142. The Balaban J connectivity index is 1.63. The molecule has 0 N–H and O–H groups in total. The minimum Gasteiger partial charge on any atom is -0.467 e. The van der Waals surface area contributed by atoms with Crippen LogP contribution in [-0.4, -0.2) is 51.8 Å². The van der Waals surface area contributed by atoms with Crippen LogP contribution < -0.4 is 14.5 Å². The maximum absolute atomic E-state index is 5.43. The van der Waals surface area contributed by atoms with Crippen LogP contribution in [0.1, 0.15) is 76.0 Å². The predicted octanol–water partition coefficient (Wildman–Crippen LogP) is 3.11. The first-order chi connectivity index (χ1) is 13.7. The van der Waals surface area contributed by atoms with E-state index in [4.69, 9.17) is 14.2 Å².